The first-order valence-corrected chi connectivity index (χ1v) is 10.4. The monoisotopic (exact) mass is 484 g/mol. The van der Waals surface area contributed by atoms with E-state index in [0.29, 0.717) is 18.2 Å². The molecule has 1 N–H and O–H groups in total. The van der Waals surface area contributed by atoms with Crippen LogP contribution in [-0.2, 0) is 15.4 Å². The Morgan fingerprint density at radius 1 is 1.31 bits per heavy atom. The summed E-state index contributed by atoms with van der Waals surface area (Å²) in [6.45, 7) is 5.83. The van der Waals surface area contributed by atoms with Crippen LogP contribution in [0.1, 0.15) is 26.5 Å². The molecular formula is C19H22BrClN4O4. The molecule has 0 radical (unpaired) electrons. The van der Waals surface area contributed by atoms with Gasteiger partial charge in [0, 0.05) is 22.9 Å². The Morgan fingerprint density at radius 3 is 2.66 bits per heavy atom. The molecule has 2 aromatic rings. The van der Waals surface area contributed by atoms with Crippen LogP contribution in [0.3, 0.4) is 0 Å². The number of esters is 1. The molecule has 29 heavy (non-hydrogen) atoms. The number of amides is 1. The Labute approximate surface area is 181 Å². The average molecular weight is 486 g/mol. The summed E-state index contributed by atoms with van der Waals surface area (Å²) in [6.07, 6.45) is -1.16. The first kappa shape index (κ1) is 21.6. The van der Waals surface area contributed by atoms with Crippen molar-refractivity contribution in [2.45, 2.75) is 38.3 Å². The van der Waals surface area contributed by atoms with E-state index in [-0.39, 0.29) is 19.0 Å². The quantitative estimate of drug-likeness (QED) is 0.524. The van der Waals surface area contributed by atoms with Crippen LogP contribution in [0.4, 0.5) is 10.7 Å². The lowest BCUT2D eigenvalue weighted by Gasteiger charge is -2.39. The average Bonchev–Trinajstić information content (AvgIpc) is 2.65. The van der Waals surface area contributed by atoms with Crippen LogP contribution >= 0.6 is 27.5 Å². The second-order valence-electron chi connectivity index (χ2n) is 7.74. The van der Waals surface area contributed by atoms with Crippen molar-refractivity contribution in [2.24, 2.45) is 0 Å². The Balaban J connectivity index is 1.94. The van der Waals surface area contributed by atoms with E-state index >= 15 is 0 Å². The standard InChI is InChI=1S/C19H22BrClN4O4/c1-19(2,3)29-16(26)15-10-24(6-7-25(15)18(27)28)17-22-13-5-4-11(20)8-12(13)14(9-21)23-17/h4-5,8,15H,6-7,9-10H2,1-3H3,(H,27,28). The number of benzene rings is 1. The molecule has 1 unspecified atom stereocenters. The lowest BCUT2D eigenvalue weighted by atomic mass is 10.1. The van der Waals surface area contributed by atoms with Gasteiger partial charge >= 0.3 is 12.1 Å². The minimum atomic E-state index is -1.16. The third-order valence-corrected chi connectivity index (χ3v) is 5.19. The van der Waals surface area contributed by atoms with Gasteiger partial charge in [0.1, 0.15) is 5.60 Å². The van der Waals surface area contributed by atoms with E-state index in [1.165, 1.54) is 0 Å². The van der Waals surface area contributed by atoms with Crippen molar-refractivity contribution in [3.8, 4) is 0 Å². The number of alkyl halides is 1. The van der Waals surface area contributed by atoms with Crippen molar-refractivity contribution in [2.75, 3.05) is 24.5 Å². The van der Waals surface area contributed by atoms with Gasteiger partial charge < -0.3 is 14.7 Å². The van der Waals surface area contributed by atoms with Crippen molar-refractivity contribution in [3.63, 3.8) is 0 Å². The van der Waals surface area contributed by atoms with E-state index in [1.807, 2.05) is 18.2 Å². The maximum Gasteiger partial charge on any atom is 0.408 e. The second kappa shape index (κ2) is 8.31. The van der Waals surface area contributed by atoms with Crippen molar-refractivity contribution < 1.29 is 19.4 Å². The Kier molecular flexibility index (Phi) is 6.19. The van der Waals surface area contributed by atoms with Gasteiger partial charge in [0.25, 0.3) is 0 Å². The van der Waals surface area contributed by atoms with Gasteiger partial charge in [0.05, 0.1) is 23.6 Å². The van der Waals surface area contributed by atoms with E-state index in [2.05, 4.69) is 25.9 Å². The number of piperazine rings is 1. The van der Waals surface area contributed by atoms with Gasteiger partial charge in [-0.15, -0.1) is 11.6 Å². The number of carboxylic acid groups (broad SMARTS) is 1. The van der Waals surface area contributed by atoms with Crippen LogP contribution in [-0.4, -0.2) is 63.3 Å². The summed E-state index contributed by atoms with van der Waals surface area (Å²) in [7, 11) is 0. The third-order valence-electron chi connectivity index (χ3n) is 4.44. The number of aromatic nitrogens is 2. The fourth-order valence-electron chi connectivity index (χ4n) is 3.16. The summed E-state index contributed by atoms with van der Waals surface area (Å²) >= 11 is 9.54. The van der Waals surface area contributed by atoms with Crippen LogP contribution in [0.25, 0.3) is 10.9 Å². The molecule has 1 aromatic heterocycles. The summed E-state index contributed by atoms with van der Waals surface area (Å²) in [5.41, 5.74) is 0.674. The number of hydrogen-bond acceptors (Lipinski definition) is 6. The van der Waals surface area contributed by atoms with Crippen molar-refractivity contribution in [3.05, 3.63) is 28.4 Å². The molecule has 10 heteroatoms. The first-order valence-electron chi connectivity index (χ1n) is 9.08. The van der Waals surface area contributed by atoms with Gasteiger partial charge in [-0.05, 0) is 39.0 Å². The normalized spacial score (nSPS) is 17.5. The Morgan fingerprint density at radius 2 is 2.03 bits per heavy atom. The van der Waals surface area contributed by atoms with Gasteiger partial charge in [-0.3, -0.25) is 4.90 Å². The zero-order chi connectivity index (χ0) is 21.3. The number of carbonyl (C=O) groups is 2. The van der Waals surface area contributed by atoms with E-state index in [4.69, 9.17) is 16.3 Å². The summed E-state index contributed by atoms with van der Waals surface area (Å²) in [4.78, 5) is 36.4. The van der Waals surface area contributed by atoms with Gasteiger partial charge in [-0.1, -0.05) is 15.9 Å². The van der Waals surface area contributed by atoms with Crippen LogP contribution in [0.15, 0.2) is 22.7 Å². The molecule has 3 rings (SSSR count). The first-order chi connectivity index (χ1) is 13.6. The van der Waals surface area contributed by atoms with Crippen LogP contribution in [0.2, 0.25) is 0 Å². The summed E-state index contributed by atoms with van der Waals surface area (Å²) in [6, 6.07) is 4.68. The summed E-state index contributed by atoms with van der Waals surface area (Å²) < 4.78 is 6.33. The van der Waals surface area contributed by atoms with Gasteiger partial charge in [-0.2, -0.15) is 0 Å². The van der Waals surface area contributed by atoms with Crippen molar-refractivity contribution in [1.82, 2.24) is 14.9 Å². The number of fused-ring (bicyclic) bond motifs is 1. The molecule has 2 heterocycles. The van der Waals surface area contributed by atoms with Crippen LogP contribution in [0.5, 0.6) is 0 Å². The molecule has 1 amide bonds. The van der Waals surface area contributed by atoms with E-state index in [1.54, 1.807) is 25.7 Å². The Hall–Kier alpha value is -2.13. The molecule has 0 bridgehead atoms. The minimum absolute atomic E-state index is 0.102. The maximum atomic E-state index is 12.7. The highest BCUT2D eigenvalue weighted by molar-refractivity contribution is 9.10. The molecule has 1 aliphatic heterocycles. The number of rotatable bonds is 3. The predicted molar refractivity (Wildman–Crippen MR) is 113 cm³/mol. The summed E-state index contributed by atoms with van der Waals surface area (Å²) in [5, 5.41) is 10.3. The highest BCUT2D eigenvalue weighted by Crippen LogP contribution is 2.26. The largest absolute Gasteiger partial charge is 0.465 e. The molecule has 0 spiro atoms. The molecule has 0 aliphatic carbocycles. The molecule has 1 aromatic carbocycles. The fraction of sp³-hybridized carbons (Fsp3) is 0.474. The van der Waals surface area contributed by atoms with Gasteiger partial charge in [-0.25, -0.2) is 19.6 Å². The second-order valence-corrected chi connectivity index (χ2v) is 8.92. The lowest BCUT2D eigenvalue weighted by molar-refractivity contribution is -0.160. The Bertz CT molecular complexity index is 950. The highest BCUT2D eigenvalue weighted by atomic mass is 79.9. The van der Waals surface area contributed by atoms with E-state index in [0.717, 1.165) is 20.3 Å². The summed E-state index contributed by atoms with van der Waals surface area (Å²) in [5.74, 6) is 0.0218. The van der Waals surface area contributed by atoms with Crippen LogP contribution < -0.4 is 4.90 Å². The fourth-order valence-corrected chi connectivity index (χ4v) is 3.72. The smallest absolute Gasteiger partial charge is 0.408 e. The number of hydrogen-bond donors (Lipinski definition) is 1. The topological polar surface area (TPSA) is 95.9 Å². The molecule has 1 aliphatic rings. The molecule has 1 fully saturated rings. The molecule has 156 valence electrons. The molecule has 8 nitrogen and oxygen atoms in total. The molecule has 1 saturated heterocycles. The number of anilines is 1. The number of nitrogens with zero attached hydrogens (tertiary/aromatic N) is 4. The number of carbonyl (C=O) groups excluding carboxylic acids is 1. The third kappa shape index (κ3) is 4.90. The minimum Gasteiger partial charge on any atom is -0.465 e. The number of ether oxygens (including phenoxy) is 1. The van der Waals surface area contributed by atoms with E-state index < -0.39 is 23.7 Å². The lowest BCUT2D eigenvalue weighted by Crippen LogP contribution is -2.59. The zero-order valence-electron chi connectivity index (χ0n) is 16.4. The van der Waals surface area contributed by atoms with Crippen LogP contribution in [0, 0.1) is 0 Å². The molecule has 1 atom stereocenters. The number of halogens is 2. The van der Waals surface area contributed by atoms with Gasteiger partial charge in [0.2, 0.25) is 5.95 Å². The molecule has 0 saturated carbocycles. The maximum absolute atomic E-state index is 12.7. The SMILES string of the molecule is CC(C)(C)OC(=O)C1CN(c2nc(CCl)c3cc(Br)ccc3n2)CCN1C(=O)O. The predicted octanol–water partition coefficient (Wildman–Crippen LogP) is 3.64. The van der Waals surface area contributed by atoms with Crippen molar-refractivity contribution >= 4 is 56.4 Å². The zero-order valence-corrected chi connectivity index (χ0v) is 18.7. The van der Waals surface area contributed by atoms with E-state index in [9.17, 15) is 14.7 Å². The van der Waals surface area contributed by atoms with Crippen molar-refractivity contribution in [1.29, 1.82) is 0 Å². The highest BCUT2D eigenvalue weighted by Gasteiger charge is 2.39. The van der Waals surface area contributed by atoms with Gasteiger partial charge in [0.15, 0.2) is 6.04 Å². The molecular weight excluding hydrogens is 464 g/mol.